The maximum atomic E-state index is 10.6. The first-order chi connectivity index (χ1) is 7.95. The van der Waals surface area contributed by atoms with E-state index >= 15 is 0 Å². The Balaban J connectivity index is 2.90. The molecule has 90 valence electrons. The second-order valence-electron chi connectivity index (χ2n) is 3.91. The average Bonchev–Trinajstić information content (AvgIpc) is 2.28. The van der Waals surface area contributed by atoms with Gasteiger partial charge in [-0.2, -0.15) is 5.26 Å². The third-order valence-corrected chi connectivity index (χ3v) is 2.42. The molecule has 6 nitrogen and oxygen atoms in total. The molecular weight excluding hydrogens is 220 g/mol. The lowest BCUT2D eigenvalue weighted by Crippen LogP contribution is -2.23. The Hall–Kier alpha value is -2.29. The summed E-state index contributed by atoms with van der Waals surface area (Å²) < 4.78 is 0. The molecule has 0 aliphatic rings. The molecule has 0 bridgehead atoms. The molecule has 6 heteroatoms. The van der Waals surface area contributed by atoms with Crippen LogP contribution in [-0.2, 0) is 0 Å². The number of rotatable bonds is 4. The van der Waals surface area contributed by atoms with E-state index in [1.54, 1.807) is 12.1 Å². The fourth-order valence-electron chi connectivity index (χ4n) is 1.50. The third kappa shape index (κ3) is 3.08. The minimum absolute atomic E-state index is 0.101. The van der Waals surface area contributed by atoms with E-state index in [9.17, 15) is 10.1 Å². The van der Waals surface area contributed by atoms with Crippen LogP contribution in [0.5, 0.6) is 0 Å². The van der Waals surface area contributed by atoms with Crippen molar-refractivity contribution in [2.75, 3.05) is 24.2 Å². The summed E-state index contributed by atoms with van der Waals surface area (Å²) in [5, 5.41) is 19.3. The second kappa shape index (κ2) is 5.16. The predicted octanol–water partition coefficient (Wildman–Crippen LogP) is 1.77. The minimum atomic E-state index is -0.517. The van der Waals surface area contributed by atoms with E-state index in [0.717, 1.165) is 5.69 Å². The maximum absolute atomic E-state index is 10.6. The Bertz CT molecular complexity index is 467. The highest BCUT2D eigenvalue weighted by atomic mass is 16.6. The lowest BCUT2D eigenvalue weighted by Gasteiger charge is -2.20. The van der Waals surface area contributed by atoms with Crippen molar-refractivity contribution in [1.29, 1.82) is 5.26 Å². The summed E-state index contributed by atoms with van der Waals surface area (Å²) in [6, 6.07) is 6.67. The molecular formula is C11H14N4O2. The van der Waals surface area contributed by atoms with E-state index in [-0.39, 0.29) is 17.3 Å². The Kier molecular flexibility index (Phi) is 3.88. The fraction of sp³-hybridized carbons (Fsp3) is 0.364. The van der Waals surface area contributed by atoms with Gasteiger partial charge in [0.2, 0.25) is 0 Å². The van der Waals surface area contributed by atoms with Gasteiger partial charge in [0.05, 0.1) is 16.9 Å². The summed E-state index contributed by atoms with van der Waals surface area (Å²) in [4.78, 5) is 11.9. The highest BCUT2D eigenvalue weighted by molar-refractivity contribution is 5.66. The molecule has 0 fully saturated rings. The molecule has 1 aromatic carbocycles. The zero-order valence-electron chi connectivity index (χ0n) is 9.75. The van der Waals surface area contributed by atoms with E-state index in [1.807, 2.05) is 18.9 Å². The van der Waals surface area contributed by atoms with Crippen LogP contribution in [0.4, 0.5) is 17.1 Å². The molecule has 0 amide bonds. The molecule has 0 saturated heterocycles. The number of benzene rings is 1. The first-order valence-electron chi connectivity index (χ1n) is 5.10. The van der Waals surface area contributed by atoms with Gasteiger partial charge < -0.3 is 10.6 Å². The normalized spacial score (nSPS) is 11.6. The predicted molar refractivity (Wildman–Crippen MR) is 65.6 cm³/mol. The smallest absolute Gasteiger partial charge is 0.292 e. The van der Waals surface area contributed by atoms with Crippen molar-refractivity contribution in [3.63, 3.8) is 0 Å². The second-order valence-corrected chi connectivity index (χ2v) is 3.91. The number of anilines is 2. The number of nitrogens with zero attached hydrogens (tertiary/aromatic N) is 3. The minimum Gasteiger partial charge on any atom is -0.393 e. The Labute approximate surface area is 99.4 Å². The van der Waals surface area contributed by atoms with Crippen LogP contribution in [0.25, 0.3) is 0 Å². The summed E-state index contributed by atoms with van der Waals surface area (Å²) in [6.07, 6.45) is 0. The number of hydrogen-bond acceptors (Lipinski definition) is 5. The van der Waals surface area contributed by atoms with Crippen molar-refractivity contribution in [1.82, 2.24) is 0 Å². The largest absolute Gasteiger partial charge is 0.393 e. The van der Waals surface area contributed by atoms with Gasteiger partial charge in [-0.3, -0.25) is 10.1 Å². The van der Waals surface area contributed by atoms with Gasteiger partial charge in [-0.1, -0.05) is 0 Å². The third-order valence-electron chi connectivity index (χ3n) is 2.42. The molecule has 1 rings (SSSR count). The fourth-order valence-corrected chi connectivity index (χ4v) is 1.50. The van der Waals surface area contributed by atoms with Gasteiger partial charge >= 0.3 is 0 Å². The number of nitrogens with two attached hydrogens (primary N) is 1. The first-order valence-corrected chi connectivity index (χ1v) is 5.10. The van der Waals surface area contributed by atoms with Crippen molar-refractivity contribution < 1.29 is 4.92 Å². The highest BCUT2D eigenvalue weighted by Crippen LogP contribution is 2.26. The van der Waals surface area contributed by atoms with Crippen LogP contribution in [0.1, 0.15) is 6.92 Å². The SMILES string of the molecule is CC(C#N)CN(C)c1ccc([N+](=O)[O-])c(N)c1. The Morgan fingerprint density at radius 2 is 2.29 bits per heavy atom. The van der Waals surface area contributed by atoms with Crippen LogP contribution < -0.4 is 10.6 Å². The molecule has 0 heterocycles. The van der Waals surface area contributed by atoms with E-state index in [2.05, 4.69) is 6.07 Å². The molecule has 0 aliphatic heterocycles. The molecule has 1 unspecified atom stereocenters. The van der Waals surface area contributed by atoms with Crippen molar-refractivity contribution in [3.05, 3.63) is 28.3 Å². The van der Waals surface area contributed by atoms with Gasteiger partial charge in [-0.05, 0) is 19.1 Å². The van der Waals surface area contributed by atoms with Gasteiger partial charge in [0.25, 0.3) is 5.69 Å². The highest BCUT2D eigenvalue weighted by Gasteiger charge is 2.13. The molecule has 0 spiro atoms. The van der Waals surface area contributed by atoms with Crippen LogP contribution >= 0.6 is 0 Å². The van der Waals surface area contributed by atoms with Gasteiger partial charge in [-0.25, -0.2) is 0 Å². The van der Waals surface area contributed by atoms with Gasteiger partial charge in [0.1, 0.15) is 5.69 Å². The van der Waals surface area contributed by atoms with Crippen LogP contribution in [0, 0.1) is 27.4 Å². The number of nitro groups is 1. The number of nitro benzene ring substituents is 1. The number of nitrogen functional groups attached to an aromatic ring is 1. The zero-order valence-corrected chi connectivity index (χ0v) is 9.75. The number of hydrogen-bond donors (Lipinski definition) is 1. The first kappa shape index (κ1) is 12.8. The molecule has 1 atom stereocenters. The van der Waals surface area contributed by atoms with Crippen LogP contribution in [0.15, 0.2) is 18.2 Å². The summed E-state index contributed by atoms with van der Waals surface area (Å²) >= 11 is 0. The summed E-state index contributed by atoms with van der Waals surface area (Å²) in [6.45, 7) is 2.36. The Morgan fingerprint density at radius 3 is 2.76 bits per heavy atom. The quantitative estimate of drug-likeness (QED) is 0.486. The van der Waals surface area contributed by atoms with Gasteiger partial charge in [-0.15, -0.1) is 0 Å². The lowest BCUT2D eigenvalue weighted by molar-refractivity contribution is -0.383. The average molecular weight is 234 g/mol. The molecule has 17 heavy (non-hydrogen) atoms. The topological polar surface area (TPSA) is 96.2 Å². The summed E-state index contributed by atoms with van der Waals surface area (Å²) in [5.41, 5.74) is 6.38. The molecule has 0 aliphatic carbocycles. The lowest BCUT2D eigenvalue weighted by atomic mass is 10.1. The van der Waals surface area contributed by atoms with Crippen molar-refractivity contribution in [2.24, 2.45) is 5.92 Å². The van der Waals surface area contributed by atoms with Crippen LogP contribution in [0.3, 0.4) is 0 Å². The monoisotopic (exact) mass is 234 g/mol. The van der Waals surface area contributed by atoms with Gasteiger partial charge in [0.15, 0.2) is 0 Å². The molecule has 1 aromatic rings. The zero-order chi connectivity index (χ0) is 13.0. The molecule has 0 saturated carbocycles. The van der Waals surface area contributed by atoms with Crippen LogP contribution in [0.2, 0.25) is 0 Å². The van der Waals surface area contributed by atoms with Crippen LogP contribution in [-0.4, -0.2) is 18.5 Å². The summed E-state index contributed by atoms with van der Waals surface area (Å²) in [7, 11) is 1.81. The van der Waals surface area contributed by atoms with Crippen molar-refractivity contribution >= 4 is 17.1 Å². The van der Waals surface area contributed by atoms with Crippen molar-refractivity contribution in [2.45, 2.75) is 6.92 Å². The van der Waals surface area contributed by atoms with E-state index in [1.165, 1.54) is 6.07 Å². The molecule has 2 N–H and O–H groups in total. The molecule has 0 radical (unpaired) electrons. The Morgan fingerprint density at radius 1 is 1.65 bits per heavy atom. The maximum Gasteiger partial charge on any atom is 0.292 e. The number of nitriles is 1. The van der Waals surface area contributed by atoms with Crippen molar-refractivity contribution in [3.8, 4) is 6.07 Å². The van der Waals surface area contributed by atoms with E-state index < -0.39 is 4.92 Å². The standard InChI is InChI=1S/C11H14N4O2/c1-8(6-12)7-14(2)9-3-4-11(15(16)17)10(13)5-9/h3-5,8H,7,13H2,1-2H3. The summed E-state index contributed by atoms with van der Waals surface area (Å²) in [5.74, 6) is -0.114. The van der Waals surface area contributed by atoms with E-state index in [0.29, 0.717) is 6.54 Å². The molecule has 0 aromatic heterocycles. The van der Waals surface area contributed by atoms with E-state index in [4.69, 9.17) is 11.0 Å². The van der Waals surface area contributed by atoms with Gasteiger partial charge in [0, 0.05) is 25.3 Å².